The molecule has 1 unspecified atom stereocenters. The molecule has 0 saturated heterocycles. The highest BCUT2D eigenvalue weighted by atomic mass is 32.2. The second kappa shape index (κ2) is 8.27. The summed E-state index contributed by atoms with van der Waals surface area (Å²) in [6.07, 6.45) is -0.306. The lowest BCUT2D eigenvalue weighted by Gasteiger charge is -2.17. The van der Waals surface area contributed by atoms with Gasteiger partial charge in [0.15, 0.2) is 9.84 Å². The van der Waals surface area contributed by atoms with Gasteiger partial charge in [-0.15, -0.1) is 0 Å². The molecule has 25 heavy (non-hydrogen) atoms. The van der Waals surface area contributed by atoms with Gasteiger partial charge < -0.3 is 10.1 Å². The van der Waals surface area contributed by atoms with E-state index in [0.717, 1.165) is 5.56 Å². The highest BCUT2D eigenvalue weighted by Crippen LogP contribution is 2.21. The van der Waals surface area contributed by atoms with Gasteiger partial charge in [0.1, 0.15) is 0 Å². The van der Waals surface area contributed by atoms with Gasteiger partial charge in [0, 0.05) is 13.7 Å². The Morgan fingerprint density at radius 3 is 2.24 bits per heavy atom. The maximum absolute atomic E-state index is 12.6. The molecule has 5 nitrogen and oxygen atoms in total. The average molecular weight is 361 g/mol. The average Bonchev–Trinajstić information content (AvgIpc) is 2.62. The van der Waals surface area contributed by atoms with Gasteiger partial charge in [-0.25, -0.2) is 8.42 Å². The van der Waals surface area contributed by atoms with Crippen LogP contribution in [0.5, 0.6) is 0 Å². The minimum atomic E-state index is -3.54. The molecule has 2 aromatic carbocycles. The first-order valence-corrected chi connectivity index (χ1v) is 9.61. The summed E-state index contributed by atoms with van der Waals surface area (Å²) in [5, 5.41) is 2.17. The zero-order valence-corrected chi connectivity index (χ0v) is 15.4. The van der Waals surface area contributed by atoms with Gasteiger partial charge in [0.2, 0.25) is 0 Å². The summed E-state index contributed by atoms with van der Waals surface area (Å²) in [4.78, 5) is 12.6. The van der Waals surface area contributed by atoms with Crippen molar-refractivity contribution in [1.82, 2.24) is 5.32 Å². The van der Waals surface area contributed by atoms with E-state index in [4.69, 9.17) is 4.74 Å². The normalized spacial score (nSPS) is 12.8. The van der Waals surface area contributed by atoms with E-state index in [0.29, 0.717) is 0 Å². The SMILES string of the molecule is COC(CNC(=O)c1ccccc1S(=O)(=O)C(C)C)c1ccccc1. The molecule has 0 aliphatic rings. The van der Waals surface area contributed by atoms with Crippen molar-refractivity contribution in [2.75, 3.05) is 13.7 Å². The molecule has 134 valence electrons. The molecule has 0 aliphatic carbocycles. The van der Waals surface area contributed by atoms with E-state index in [1.807, 2.05) is 30.3 Å². The van der Waals surface area contributed by atoms with E-state index in [-0.39, 0.29) is 23.1 Å². The van der Waals surface area contributed by atoms with Crippen LogP contribution in [0.2, 0.25) is 0 Å². The van der Waals surface area contributed by atoms with Crippen LogP contribution in [0.1, 0.15) is 35.9 Å². The Morgan fingerprint density at radius 2 is 1.64 bits per heavy atom. The zero-order chi connectivity index (χ0) is 18.4. The van der Waals surface area contributed by atoms with Crippen LogP contribution in [0.25, 0.3) is 0 Å². The van der Waals surface area contributed by atoms with Crippen molar-refractivity contribution in [2.45, 2.75) is 30.1 Å². The number of nitrogens with one attached hydrogen (secondary N) is 1. The summed E-state index contributed by atoms with van der Waals surface area (Å²) in [6, 6.07) is 15.8. The van der Waals surface area contributed by atoms with Gasteiger partial charge in [0.05, 0.1) is 21.8 Å². The Bertz CT molecular complexity index is 816. The molecule has 0 saturated carbocycles. The highest BCUT2D eigenvalue weighted by molar-refractivity contribution is 7.92. The van der Waals surface area contributed by atoms with E-state index < -0.39 is 21.0 Å². The van der Waals surface area contributed by atoms with Gasteiger partial charge in [-0.1, -0.05) is 42.5 Å². The molecule has 0 fully saturated rings. The fourth-order valence-corrected chi connectivity index (χ4v) is 3.69. The Hall–Kier alpha value is -2.18. The summed E-state index contributed by atoms with van der Waals surface area (Å²) in [5.41, 5.74) is 1.09. The molecule has 2 rings (SSSR count). The summed E-state index contributed by atoms with van der Waals surface area (Å²) in [7, 11) is -1.97. The molecule has 1 atom stereocenters. The molecule has 1 amide bonds. The number of ether oxygens (including phenoxy) is 1. The predicted octanol–water partition coefficient (Wildman–Crippen LogP) is 2.99. The number of benzene rings is 2. The van der Waals surface area contributed by atoms with Gasteiger partial charge in [-0.3, -0.25) is 4.79 Å². The lowest BCUT2D eigenvalue weighted by atomic mass is 10.1. The van der Waals surface area contributed by atoms with Crippen molar-refractivity contribution in [3.05, 3.63) is 65.7 Å². The monoisotopic (exact) mass is 361 g/mol. The first kappa shape index (κ1) is 19.1. The van der Waals surface area contributed by atoms with Crippen LogP contribution in [-0.2, 0) is 14.6 Å². The molecule has 0 spiro atoms. The van der Waals surface area contributed by atoms with Crippen LogP contribution >= 0.6 is 0 Å². The smallest absolute Gasteiger partial charge is 0.252 e. The Kier molecular flexibility index (Phi) is 6.33. The van der Waals surface area contributed by atoms with E-state index >= 15 is 0 Å². The fourth-order valence-electron chi connectivity index (χ4n) is 2.44. The van der Waals surface area contributed by atoms with Crippen molar-refractivity contribution in [3.8, 4) is 0 Å². The molecule has 6 heteroatoms. The number of rotatable bonds is 7. The van der Waals surface area contributed by atoms with Gasteiger partial charge in [-0.2, -0.15) is 0 Å². The first-order chi connectivity index (χ1) is 11.9. The van der Waals surface area contributed by atoms with E-state index in [9.17, 15) is 13.2 Å². The Balaban J connectivity index is 2.19. The van der Waals surface area contributed by atoms with Crippen molar-refractivity contribution >= 4 is 15.7 Å². The number of carbonyl (C=O) groups is 1. The van der Waals surface area contributed by atoms with Gasteiger partial charge >= 0.3 is 0 Å². The van der Waals surface area contributed by atoms with E-state index in [1.165, 1.54) is 12.1 Å². The van der Waals surface area contributed by atoms with Crippen LogP contribution in [0.4, 0.5) is 0 Å². The third-order valence-electron chi connectivity index (χ3n) is 3.96. The predicted molar refractivity (Wildman–Crippen MR) is 97.3 cm³/mol. The number of carbonyl (C=O) groups excluding carboxylic acids is 1. The molecule has 0 aromatic heterocycles. The van der Waals surface area contributed by atoms with Gasteiger partial charge in [0.25, 0.3) is 5.91 Å². The molecule has 1 N–H and O–H groups in total. The Labute approximate surface area is 148 Å². The van der Waals surface area contributed by atoms with Gasteiger partial charge in [-0.05, 0) is 31.5 Å². The minimum Gasteiger partial charge on any atom is -0.375 e. The van der Waals surface area contributed by atoms with Crippen molar-refractivity contribution in [2.24, 2.45) is 0 Å². The van der Waals surface area contributed by atoms with Crippen molar-refractivity contribution in [3.63, 3.8) is 0 Å². The quantitative estimate of drug-likeness (QED) is 0.823. The summed E-state index contributed by atoms with van der Waals surface area (Å²) in [6.45, 7) is 3.44. The minimum absolute atomic E-state index is 0.0520. The maximum atomic E-state index is 12.6. The summed E-state index contributed by atoms with van der Waals surface area (Å²) >= 11 is 0. The Morgan fingerprint density at radius 1 is 1.04 bits per heavy atom. The third kappa shape index (κ3) is 4.46. The van der Waals surface area contributed by atoms with Crippen molar-refractivity contribution in [1.29, 1.82) is 0 Å². The number of hydrogen-bond donors (Lipinski definition) is 1. The molecule has 2 aromatic rings. The van der Waals surface area contributed by atoms with Crippen LogP contribution in [0.3, 0.4) is 0 Å². The molecular weight excluding hydrogens is 338 g/mol. The summed E-state index contributed by atoms with van der Waals surface area (Å²) < 4.78 is 30.4. The first-order valence-electron chi connectivity index (χ1n) is 8.06. The lowest BCUT2D eigenvalue weighted by molar-refractivity contribution is 0.0825. The number of hydrogen-bond acceptors (Lipinski definition) is 4. The molecular formula is C19H23NO4S. The zero-order valence-electron chi connectivity index (χ0n) is 14.6. The molecule has 0 aliphatic heterocycles. The van der Waals surface area contributed by atoms with Crippen molar-refractivity contribution < 1.29 is 17.9 Å². The number of methoxy groups -OCH3 is 1. The van der Waals surface area contributed by atoms with E-state index in [1.54, 1.807) is 33.1 Å². The van der Waals surface area contributed by atoms with Crippen LogP contribution in [0, 0.1) is 0 Å². The second-order valence-electron chi connectivity index (χ2n) is 5.93. The third-order valence-corrected chi connectivity index (χ3v) is 6.17. The largest absolute Gasteiger partial charge is 0.375 e. The maximum Gasteiger partial charge on any atom is 0.252 e. The molecule has 0 radical (unpaired) electrons. The highest BCUT2D eigenvalue weighted by Gasteiger charge is 2.25. The van der Waals surface area contributed by atoms with Crippen LogP contribution < -0.4 is 5.32 Å². The van der Waals surface area contributed by atoms with Crippen LogP contribution in [0.15, 0.2) is 59.5 Å². The summed E-state index contributed by atoms with van der Waals surface area (Å²) in [5.74, 6) is -0.433. The number of amides is 1. The second-order valence-corrected chi connectivity index (χ2v) is 8.41. The molecule has 0 heterocycles. The standard InChI is InChI=1S/C19H23NO4S/c1-14(2)25(22,23)18-12-8-7-11-16(18)19(21)20-13-17(24-3)15-9-5-4-6-10-15/h4-12,14,17H,13H2,1-3H3,(H,20,21). The topological polar surface area (TPSA) is 72.5 Å². The number of sulfone groups is 1. The van der Waals surface area contributed by atoms with E-state index in [2.05, 4.69) is 5.32 Å². The molecule has 0 bridgehead atoms. The fraction of sp³-hybridized carbons (Fsp3) is 0.316. The lowest BCUT2D eigenvalue weighted by Crippen LogP contribution is -2.30. The van der Waals surface area contributed by atoms with Crippen LogP contribution in [-0.4, -0.2) is 33.2 Å².